The van der Waals surface area contributed by atoms with E-state index in [1.807, 2.05) is 23.6 Å². The highest BCUT2D eigenvalue weighted by molar-refractivity contribution is 5.94. The number of carbonyl (C=O) groups is 1. The predicted molar refractivity (Wildman–Crippen MR) is 74.9 cm³/mol. The lowest BCUT2D eigenvalue weighted by atomic mass is 9.85. The van der Waals surface area contributed by atoms with Gasteiger partial charge in [0.1, 0.15) is 0 Å². The predicted octanol–water partition coefficient (Wildman–Crippen LogP) is 1.41. The topological polar surface area (TPSA) is 64.2 Å². The Balaban J connectivity index is 1.99. The number of hydrogen-bond acceptors (Lipinski definition) is 3. The second-order valence-electron chi connectivity index (χ2n) is 5.49. The van der Waals surface area contributed by atoms with Crippen molar-refractivity contribution in [3.8, 4) is 0 Å². The SMILES string of the molecule is Cc1c(C(=O)N(C)CC2CCC2)cnn1CCCN. The largest absolute Gasteiger partial charge is 0.341 e. The van der Waals surface area contributed by atoms with E-state index in [2.05, 4.69) is 5.10 Å². The summed E-state index contributed by atoms with van der Waals surface area (Å²) in [5, 5.41) is 4.28. The van der Waals surface area contributed by atoms with Crippen molar-refractivity contribution in [2.45, 2.75) is 39.2 Å². The number of nitrogens with zero attached hydrogens (tertiary/aromatic N) is 3. The summed E-state index contributed by atoms with van der Waals surface area (Å²) in [5.41, 5.74) is 7.17. The Morgan fingerprint density at radius 3 is 2.89 bits per heavy atom. The van der Waals surface area contributed by atoms with Crippen LogP contribution in [-0.4, -0.2) is 40.7 Å². The lowest BCUT2D eigenvalue weighted by Gasteiger charge is -2.30. The summed E-state index contributed by atoms with van der Waals surface area (Å²) in [6, 6.07) is 0. The summed E-state index contributed by atoms with van der Waals surface area (Å²) in [7, 11) is 1.89. The van der Waals surface area contributed by atoms with Crippen LogP contribution in [0.15, 0.2) is 6.20 Å². The number of amides is 1. The Hall–Kier alpha value is -1.36. The number of nitrogens with two attached hydrogens (primary N) is 1. The van der Waals surface area contributed by atoms with Gasteiger partial charge >= 0.3 is 0 Å². The maximum atomic E-state index is 12.4. The van der Waals surface area contributed by atoms with E-state index < -0.39 is 0 Å². The summed E-state index contributed by atoms with van der Waals surface area (Å²) in [6.07, 6.45) is 6.39. The molecule has 1 amide bonds. The number of hydrogen-bond donors (Lipinski definition) is 1. The zero-order chi connectivity index (χ0) is 13.8. The first kappa shape index (κ1) is 14.1. The molecule has 1 saturated carbocycles. The molecule has 1 aliphatic carbocycles. The molecular weight excluding hydrogens is 240 g/mol. The fourth-order valence-corrected chi connectivity index (χ4v) is 2.47. The molecule has 0 bridgehead atoms. The molecule has 0 spiro atoms. The number of carbonyl (C=O) groups excluding carboxylic acids is 1. The maximum absolute atomic E-state index is 12.4. The minimum Gasteiger partial charge on any atom is -0.341 e. The van der Waals surface area contributed by atoms with Crippen molar-refractivity contribution in [3.05, 3.63) is 17.5 Å². The molecule has 1 fully saturated rings. The van der Waals surface area contributed by atoms with Gasteiger partial charge < -0.3 is 10.6 Å². The number of rotatable bonds is 6. The van der Waals surface area contributed by atoms with E-state index in [4.69, 9.17) is 5.73 Å². The molecule has 1 heterocycles. The molecule has 2 rings (SSSR count). The van der Waals surface area contributed by atoms with Crippen LogP contribution in [0.5, 0.6) is 0 Å². The minimum absolute atomic E-state index is 0.0865. The van der Waals surface area contributed by atoms with Crippen molar-refractivity contribution in [1.82, 2.24) is 14.7 Å². The zero-order valence-electron chi connectivity index (χ0n) is 11.9. The Morgan fingerprint density at radius 2 is 2.32 bits per heavy atom. The van der Waals surface area contributed by atoms with E-state index in [-0.39, 0.29) is 5.91 Å². The molecule has 1 aromatic heterocycles. The molecule has 1 aliphatic rings. The minimum atomic E-state index is 0.0865. The van der Waals surface area contributed by atoms with Crippen molar-refractivity contribution in [1.29, 1.82) is 0 Å². The lowest BCUT2D eigenvalue weighted by molar-refractivity contribution is 0.0744. The lowest BCUT2D eigenvalue weighted by Crippen LogP contribution is -2.34. The third kappa shape index (κ3) is 3.15. The molecule has 106 valence electrons. The number of aromatic nitrogens is 2. The molecule has 2 N–H and O–H groups in total. The third-order valence-corrected chi connectivity index (χ3v) is 4.01. The summed E-state index contributed by atoms with van der Waals surface area (Å²) < 4.78 is 1.87. The van der Waals surface area contributed by atoms with Gasteiger partial charge in [0.25, 0.3) is 5.91 Å². The van der Waals surface area contributed by atoms with E-state index in [1.165, 1.54) is 19.3 Å². The average Bonchev–Trinajstić information content (AvgIpc) is 2.71. The fraction of sp³-hybridized carbons (Fsp3) is 0.714. The molecule has 5 nitrogen and oxygen atoms in total. The van der Waals surface area contributed by atoms with E-state index in [0.717, 1.165) is 30.8 Å². The van der Waals surface area contributed by atoms with E-state index in [0.29, 0.717) is 12.5 Å². The van der Waals surface area contributed by atoms with E-state index >= 15 is 0 Å². The van der Waals surface area contributed by atoms with E-state index in [9.17, 15) is 4.79 Å². The van der Waals surface area contributed by atoms with Gasteiger partial charge in [-0.1, -0.05) is 6.42 Å². The van der Waals surface area contributed by atoms with Crippen LogP contribution in [0.1, 0.15) is 41.7 Å². The first-order chi connectivity index (χ1) is 9.13. The zero-order valence-corrected chi connectivity index (χ0v) is 11.9. The van der Waals surface area contributed by atoms with Gasteiger partial charge in [0.05, 0.1) is 11.8 Å². The Bertz CT molecular complexity index is 437. The smallest absolute Gasteiger partial charge is 0.257 e. The molecule has 19 heavy (non-hydrogen) atoms. The van der Waals surface area contributed by atoms with E-state index in [1.54, 1.807) is 6.20 Å². The quantitative estimate of drug-likeness (QED) is 0.845. The van der Waals surface area contributed by atoms with Crippen LogP contribution >= 0.6 is 0 Å². The van der Waals surface area contributed by atoms with Crippen LogP contribution in [0.4, 0.5) is 0 Å². The summed E-state index contributed by atoms with van der Waals surface area (Å²) in [6.45, 7) is 4.24. The van der Waals surface area contributed by atoms with Gasteiger partial charge in [-0.25, -0.2) is 0 Å². The summed E-state index contributed by atoms with van der Waals surface area (Å²) >= 11 is 0. The molecule has 0 aromatic carbocycles. The van der Waals surface area contributed by atoms with Gasteiger partial charge in [0.15, 0.2) is 0 Å². The summed E-state index contributed by atoms with van der Waals surface area (Å²) in [5.74, 6) is 0.782. The second kappa shape index (κ2) is 6.19. The van der Waals surface area contributed by atoms with Crippen molar-refractivity contribution >= 4 is 5.91 Å². The average molecular weight is 264 g/mol. The van der Waals surface area contributed by atoms with Crippen LogP contribution in [0.3, 0.4) is 0 Å². The molecule has 0 saturated heterocycles. The van der Waals surface area contributed by atoms with Crippen LogP contribution < -0.4 is 5.73 Å². The van der Waals surface area contributed by atoms with Gasteiger partial charge in [0.2, 0.25) is 0 Å². The van der Waals surface area contributed by atoms with Crippen molar-refractivity contribution in [3.63, 3.8) is 0 Å². The van der Waals surface area contributed by atoms with Crippen LogP contribution in [0, 0.1) is 12.8 Å². The molecular formula is C14H24N4O. The van der Waals surface area contributed by atoms with Crippen LogP contribution in [0.2, 0.25) is 0 Å². The molecule has 1 aromatic rings. The molecule has 0 radical (unpaired) electrons. The van der Waals surface area contributed by atoms with Crippen LogP contribution in [-0.2, 0) is 6.54 Å². The second-order valence-corrected chi connectivity index (χ2v) is 5.49. The highest BCUT2D eigenvalue weighted by Crippen LogP contribution is 2.27. The fourth-order valence-electron chi connectivity index (χ4n) is 2.47. The van der Waals surface area contributed by atoms with Gasteiger partial charge in [-0.15, -0.1) is 0 Å². The first-order valence-corrected chi connectivity index (χ1v) is 7.11. The normalized spacial score (nSPS) is 15.3. The third-order valence-electron chi connectivity index (χ3n) is 4.01. The highest BCUT2D eigenvalue weighted by atomic mass is 16.2. The number of aryl methyl sites for hydroxylation is 1. The van der Waals surface area contributed by atoms with Crippen molar-refractivity contribution in [2.24, 2.45) is 11.7 Å². The van der Waals surface area contributed by atoms with Crippen LogP contribution in [0.25, 0.3) is 0 Å². The van der Waals surface area contributed by atoms with Gasteiger partial charge in [0, 0.05) is 25.8 Å². The van der Waals surface area contributed by atoms with Gasteiger partial charge in [-0.05, 0) is 38.6 Å². The Labute approximate surface area is 114 Å². The van der Waals surface area contributed by atoms with Crippen molar-refractivity contribution in [2.75, 3.05) is 20.1 Å². The molecule has 0 aliphatic heterocycles. The molecule has 0 atom stereocenters. The van der Waals surface area contributed by atoms with Gasteiger partial charge in [-0.3, -0.25) is 9.48 Å². The Morgan fingerprint density at radius 1 is 1.58 bits per heavy atom. The maximum Gasteiger partial charge on any atom is 0.257 e. The van der Waals surface area contributed by atoms with Crippen molar-refractivity contribution < 1.29 is 4.79 Å². The first-order valence-electron chi connectivity index (χ1n) is 7.11. The standard InChI is InChI=1S/C14H24N4O/c1-11-13(9-16-18(11)8-4-7-15)14(19)17(2)10-12-5-3-6-12/h9,12H,3-8,10,15H2,1-2H3. The van der Waals surface area contributed by atoms with Gasteiger partial charge in [-0.2, -0.15) is 5.10 Å². The monoisotopic (exact) mass is 264 g/mol. The molecule has 0 unspecified atom stereocenters. The highest BCUT2D eigenvalue weighted by Gasteiger charge is 2.23. The Kier molecular flexibility index (Phi) is 4.58. The molecule has 5 heteroatoms. The summed E-state index contributed by atoms with van der Waals surface area (Å²) in [4.78, 5) is 14.2.